The van der Waals surface area contributed by atoms with Crippen LogP contribution >= 0.6 is 0 Å². The largest absolute Gasteiger partial charge is 0.494 e. The van der Waals surface area contributed by atoms with Gasteiger partial charge in [0.25, 0.3) is 11.8 Å². The Kier molecular flexibility index (Phi) is 9.83. The molecule has 2 amide bonds. The second-order valence-corrected chi connectivity index (χ2v) is 7.12. The number of amides is 2. The molecule has 0 fully saturated rings. The SMILES string of the molecule is CCCCCN1C(=O)C(c2ccc(OCC)cc2)=C(N(CCOC)CCOC)C1=O. The molecule has 1 heterocycles. The molecule has 0 aliphatic carbocycles. The van der Waals surface area contributed by atoms with Gasteiger partial charge < -0.3 is 19.1 Å². The highest BCUT2D eigenvalue weighted by Gasteiger charge is 2.41. The van der Waals surface area contributed by atoms with Crippen LogP contribution in [0, 0.1) is 0 Å². The number of hydrogen-bond acceptors (Lipinski definition) is 6. The number of rotatable bonds is 14. The van der Waals surface area contributed by atoms with Crippen molar-refractivity contribution < 1.29 is 23.8 Å². The molecule has 1 aliphatic heterocycles. The lowest BCUT2D eigenvalue weighted by atomic mass is 10.0. The fraction of sp³-hybridized carbons (Fsp3) is 0.565. The third-order valence-electron chi connectivity index (χ3n) is 5.03. The van der Waals surface area contributed by atoms with Crippen molar-refractivity contribution in [1.82, 2.24) is 9.80 Å². The van der Waals surface area contributed by atoms with Gasteiger partial charge in [-0.05, 0) is 31.0 Å². The Morgan fingerprint density at radius 1 is 0.900 bits per heavy atom. The minimum Gasteiger partial charge on any atom is -0.494 e. The first-order chi connectivity index (χ1) is 14.6. The summed E-state index contributed by atoms with van der Waals surface area (Å²) in [5.41, 5.74) is 1.58. The zero-order chi connectivity index (χ0) is 21.9. The first kappa shape index (κ1) is 23.9. The number of carbonyl (C=O) groups excluding carboxylic acids is 2. The first-order valence-electron chi connectivity index (χ1n) is 10.6. The van der Waals surface area contributed by atoms with Crippen LogP contribution in [-0.4, -0.2) is 75.3 Å². The monoisotopic (exact) mass is 418 g/mol. The average molecular weight is 419 g/mol. The number of nitrogens with zero attached hydrogens (tertiary/aromatic N) is 2. The molecule has 0 saturated heterocycles. The summed E-state index contributed by atoms with van der Waals surface area (Å²) in [6.07, 6.45) is 2.80. The lowest BCUT2D eigenvalue weighted by Crippen LogP contribution is -2.38. The van der Waals surface area contributed by atoms with Crippen molar-refractivity contribution in [2.24, 2.45) is 0 Å². The Balaban J connectivity index is 2.44. The van der Waals surface area contributed by atoms with Gasteiger partial charge in [-0.3, -0.25) is 14.5 Å². The molecule has 7 nitrogen and oxygen atoms in total. The molecule has 7 heteroatoms. The van der Waals surface area contributed by atoms with E-state index in [9.17, 15) is 9.59 Å². The number of ether oxygens (including phenoxy) is 3. The van der Waals surface area contributed by atoms with Crippen molar-refractivity contribution in [1.29, 1.82) is 0 Å². The minimum absolute atomic E-state index is 0.241. The Morgan fingerprint density at radius 2 is 1.53 bits per heavy atom. The van der Waals surface area contributed by atoms with Gasteiger partial charge in [-0.2, -0.15) is 0 Å². The van der Waals surface area contributed by atoms with Crippen molar-refractivity contribution in [2.75, 3.05) is 53.7 Å². The molecule has 0 bridgehead atoms. The summed E-state index contributed by atoms with van der Waals surface area (Å²) in [6, 6.07) is 7.34. The molecule has 1 aromatic rings. The van der Waals surface area contributed by atoms with Crippen LogP contribution in [0.4, 0.5) is 0 Å². The fourth-order valence-corrected chi connectivity index (χ4v) is 3.46. The maximum atomic E-state index is 13.3. The van der Waals surface area contributed by atoms with Crippen molar-refractivity contribution in [2.45, 2.75) is 33.1 Å². The molecule has 1 aliphatic rings. The number of benzene rings is 1. The molecule has 30 heavy (non-hydrogen) atoms. The van der Waals surface area contributed by atoms with Crippen LogP contribution < -0.4 is 4.74 Å². The number of unbranched alkanes of at least 4 members (excludes halogenated alkanes) is 2. The normalized spacial score (nSPS) is 14.1. The molecule has 2 rings (SSSR count). The van der Waals surface area contributed by atoms with E-state index in [0.717, 1.165) is 25.0 Å². The summed E-state index contributed by atoms with van der Waals surface area (Å²) in [6.45, 7) is 6.90. The van der Waals surface area contributed by atoms with E-state index in [1.165, 1.54) is 4.90 Å². The zero-order valence-electron chi connectivity index (χ0n) is 18.6. The van der Waals surface area contributed by atoms with Gasteiger partial charge in [0.2, 0.25) is 0 Å². The van der Waals surface area contributed by atoms with E-state index in [2.05, 4.69) is 6.92 Å². The van der Waals surface area contributed by atoms with Crippen LogP contribution in [-0.2, 0) is 19.1 Å². The van der Waals surface area contributed by atoms with Crippen LogP contribution in [0.15, 0.2) is 30.0 Å². The molecule has 0 spiro atoms. The van der Waals surface area contributed by atoms with E-state index < -0.39 is 0 Å². The van der Waals surface area contributed by atoms with Crippen molar-refractivity contribution in [3.05, 3.63) is 35.5 Å². The molecule has 0 saturated carbocycles. The van der Waals surface area contributed by atoms with Crippen molar-refractivity contribution in [3.63, 3.8) is 0 Å². The van der Waals surface area contributed by atoms with E-state index in [4.69, 9.17) is 14.2 Å². The van der Waals surface area contributed by atoms with E-state index in [0.29, 0.717) is 56.3 Å². The minimum atomic E-state index is -0.243. The van der Waals surface area contributed by atoms with Gasteiger partial charge in [-0.15, -0.1) is 0 Å². The summed E-state index contributed by atoms with van der Waals surface area (Å²) in [5, 5.41) is 0. The summed E-state index contributed by atoms with van der Waals surface area (Å²) >= 11 is 0. The zero-order valence-corrected chi connectivity index (χ0v) is 18.6. The van der Waals surface area contributed by atoms with Gasteiger partial charge in [0.05, 0.1) is 25.4 Å². The molecule has 0 N–H and O–H groups in total. The lowest BCUT2D eigenvalue weighted by molar-refractivity contribution is -0.137. The molecular weight excluding hydrogens is 384 g/mol. The Hall–Kier alpha value is -2.38. The molecule has 0 atom stereocenters. The lowest BCUT2D eigenvalue weighted by Gasteiger charge is -2.25. The van der Waals surface area contributed by atoms with Gasteiger partial charge >= 0.3 is 0 Å². The fourth-order valence-electron chi connectivity index (χ4n) is 3.46. The number of carbonyl (C=O) groups is 2. The van der Waals surface area contributed by atoms with Crippen molar-refractivity contribution in [3.8, 4) is 5.75 Å². The predicted molar refractivity (Wildman–Crippen MR) is 116 cm³/mol. The van der Waals surface area contributed by atoms with E-state index in [-0.39, 0.29) is 11.8 Å². The van der Waals surface area contributed by atoms with Gasteiger partial charge in [-0.1, -0.05) is 31.9 Å². The Labute approximate surface area is 179 Å². The van der Waals surface area contributed by atoms with Gasteiger partial charge in [-0.25, -0.2) is 0 Å². The van der Waals surface area contributed by atoms with Gasteiger partial charge in [0.15, 0.2) is 0 Å². The first-order valence-corrected chi connectivity index (χ1v) is 10.6. The highest BCUT2D eigenvalue weighted by molar-refractivity contribution is 6.35. The predicted octanol–water partition coefficient (Wildman–Crippen LogP) is 2.95. The van der Waals surface area contributed by atoms with Crippen LogP contribution in [0.25, 0.3) is 5.57 Å². The summed E-state index contributed by atoms with van der Waals surface area (Å²) in [5.74, 6) is 0.248. The number of methoxy groups -OCH3 is 2. The number of imide groups is 1. The molecule has 0 aromatic heterocycles. The maximum absolute atomic E-state index is 13.3. The third-order valence-corrected chi connectivity index (χ3v) is 5.03. The summed E-state index contributed by atoms with van der Waals surface area (Å²) in [4.78, 5) is 29.9. The van der Waals surface area contributed by atoms with Crippen LogP contribution in [0.1, 0.15) is 38.7 Å². The molecule has 0 radical (unpaired) electrons. The molecule has 0 unspecified atom stereocenters. The highest BCUT2D eigenvalue weighted by Crippen LogP contribution is 2.32. The van der Waals surface area contributed by atoms with Crippen molar-refractivity contribution >= 4 is 17.4 Å². The van der Waals surface area contributed by atoms with Crippen LogP contribution in [0.2, 0.25) is 0 Å². The summed E-state index contributed by atoms with van der Waals surface area (Å²) < 4.78 is 16.0. The molecular formula is C23H34N2O5. The molecule has 1 aromatic carbocycles. The second-order valence-electron chi connectivity index (χ2n) is 7.12. The van der Waals surface area contributed by atoms with E-state index in [1.807, 2.05) is 36.1 Å². The maximum Gasteiger partial charge on any atom is 0.277 e. The standard InChI is InChI=1S/C23H34N2O5/c1-5-7-8-13-25-22(26)20(18-9-11-19(12-10-18)30-6-2)21(23(25)27)24(14-16-28-3)15-17-29-4/h9-12H,5-8,13-17H2,1-4H3. The van der Waals surface area contributed by atoms with Crippen LogP contribution in [0.3, 0.4) is 0 Å². The Bertz CT molecular complexity index is 722. The topological polar surface area (TPSA) is 68.3 Å². The second kappa shape index (κ2) is 12.3. The highest BCUT2D eigenvalue weighted by atomic mass is 16.5. The summed E-state index contributed by atoms with van der Waals surface area (Å²) in [7, 11) is 3.24. The quantitative estimate of drug-likeness (QED) is 0.342. The smallest absolute Gasteiger partial charge is 0.277 e. The third kappa shape index (κ3) is 5.83. The van der Waals surface area contributed by atoms with Gasteiger partial charge in [0, 0.05) is 33.9 Å². The van der Waals surface area contributed by atoms with E-state index in [1.54, 1.807) is 14.2 Å². The average Bonchev–Trinajstić information content (AvgIpc) is 2.99. The van der Waals surface area contributed by atoms with E-state index >= 15 is 0 Å². The number of hydrogen-bond donors (Lipinski definition) is 0. The van der Waals surface area contributed by atoms with Gasteiger partial charge in [0.1, 0.15) is 11.4 Å². The van der Waals surface area contributed by atoms with Crippen LogP contribution in [0.5, 0.6) is 5.75 Å². The molecule has 166 valence electrons. The Morgan fingerprint density at radius 3 is 2.07 bits per heavy atom.